The van der Waals surface area contributed by atoms with Crippen molar-refractivity contribution >= 4 is 11.0 Å². The molecule has 2 aromatic carbocycles. The highest BCUT2D eigenvalue weighted by molar-refractivity contribution is 5.91. The molecule has 2 aliphatic rings. The third-order valence-electron chi connectivity index (χ3n) is 7.90. The van der Waals surface area contributed by atoms with E-state index in [9.17, 15) is 35.4 Å². The first-order valence-electron chi connectivity index (χ1n) is 14.0. The minimum absolute atomic E-state index is 0.0295. The van der Waals surface area contributed by atoms with Crippen LogP contribution in [0.1, 0.15) is 6.92 Å². The summed E-state index contributed by atoms with van der Waals surface area (Å²) in [5.41, 5.74) is 0.438. The van der Waals surface area contributed by atoms with Crippen molar-refractivity contribution in [3.8, 4) is 34.1 Å². The van der Waals surface area contributed by atoms with Gasteiger partial charge in [0, 0.05) is 6.07 Å². The van der Waals surface area contributed by atoms with E-state index in [1.165, 1.54) is 40.6 Å². The topological polar surface area (TPSA) is 216 Å². The molecule has 15 nitrogen and oxygen atoms in total. The summed E-state index contributed by atoms with van der Waals surface area (Å²) in [4.78, 5) is 13.6. The van der Waals surface area contributed by atoms with Gasteiger partial charge in [0.25, 0.3) is 0 Å². The fourth-order valence-corrected chi connectivity index (χ4v) is 5.28. The Morgan fingerprint density at radius 2 is 1.40 bits per heavy atom. The van der Waals surface area contributed by atoms with E-state index in [1.807, 2.05) is 0 Å². The maximum Gasteiger partial charge on any atom is 0.229 e. The van der Waals surface area contributed by atoms with E-state index in [0.717, 1.165) is 0 Å². The Labute approximate surface area is 256 Å². The van der Waals surface area contributed by atoms with E-state index in [1.54, 1.807) is 24.3 Å². The summed E-state index contributed by atoms with van der Waals surface area (Å²) in [6.07, 6.45) is -13.6. The van der Waals surface area contributed by atoms with Crippen LogP contribution >= 0.6 is 0 Å². The highest BCUT2D eigenvalue weighted by atomic mass is 16.7. The molecule has 0 radical (unpaired) electrons. The Balaban J connectivity index is 1.42. The lowest BCUT2D eigenvalue weighted by Gasteiger charge is -2.42. The summed E-state index contributed by atoms with van der Waals surface area (Å²) in [6.45, 7) is 0.989. The van der Waals surface area contributed by atoms with Gasteiger partial charge in [-0.05, 0) is 24.6 Å². The van der Waals surface area contributed by atoms with Crippen LogP contribution in [-0.4, -0.2) is 120 Å². The van der Waals surface area contributed by atoms with Gasteiger partial charge in [0.2, 0.25) is 17.5 Å². The van der Waals surface area contributed by atoms with Crippen LogP contribution in [-0.2, 0) is 14.2 Å². The first-order chi connectivity index (χ1) is 21.5. The van der Waals surface area contributed by atoms with Gasteiger partial charge in [0.1, 0.15) is 65.7 Å². The van der Waals surface area contributed by atoms with Crippen molar-refractivity contribution in [1.29, 1.82) is 0 Å². The molecule has 2 aliphatic heterocycles. The zero-order valence-electron chi connectivity index (χ0n) is 24.8. The average molecular weight is 637 g/mol. The van der Waals surface area contributed by atoms with E-state index in [0.29, 0.717) is 11.3 Å². The standard InChI is InChI=1S/C30H36O15/c1-12-20(31)23(34)25(36)29(43-12)42-11-18-22(33)24(35)26(37)30(45-18)44-17-9-16-19(28(40-4)27(17)39-3)21(32)15(10-41-16)13-5-7-14(38-2)8-6-13/h5-10,12,18,20,22-26,29-31,33-37H,11H2,1-4H3/t12-,18+,20-,22+,23+,24-,25+,26+,29+,30+/m0/s1. The summed E-state index contributed by atoms with van der Waals surface area (Å²) in [5, 5.41) is 62.1. The summed E-state index contributed by atoms with van der Waals surface area (Å²) < 4.78 is 44.6. The van der Waals surface area contributed by atoms with Crippen LogP contribution < -0.4 is 24.4 Å². The normalized spacial score (nSPS) is 31.9. The van der Waals surface area contributed by atoms with Gasteiger partial charge in [-0.3, -0.25) is 4.79 Å². The van der Waals surface area contributed by atoms with Crippen LogP contribution in [0.15, 0.2) is 45.8 Å². The monoisotopic (exact) mass is 636 g/mol. The minimum atomic E-state index is -1.76. The Kier molecular flexibility index (Phi) is 9.83. The van der Waals surface area contributed by atoms with Gasteiger partial charge < -0.3 is 68.2 Å². The number of benzene rings is 2. The SMILES string of the molecule is COc1ccc(-c2coc3cc(O[C@@H]4O[C@H](CO[C@@H]5O[C@@H](C)[C@H](O)[C@@H](O)[C@H]5O)[C@@H](O)[C@H](O)[C@H]4O)c(OC)c(OC)c3c2=O)cc1. The molecule has 10 atom stereocenters. The van der Waals surface area contributed by atoms with Crippen molar-refractivity contribution in [3.63, 3.8) is 0 Å². The number of ether oxygens (including phenoxy) is 7. The summed E-state index contributed by atoms with van der Waals surface area (Å²) >= 11 is 0. The fraction of sp³-hybridized carbons (Fsp3) is 0.500. The molecule has 45 heavy (non-hydrogen) atoms. The number of rotatable bonds is 9. The van der Waals surface area contributed by atoms with Crippen molar-refractivity contribution in [1.82, 2.24) is 0 Å². The van der Waals surface area contributed by atoms with Crippen LogP contribution in [0.5, 0.6) is 23.0 Å². The highest BCUT2D eigenvalue weighted by Gasteiger charge is 2.47. The Hall–Kier alpha value is -3.51. The van der Waals surface area contributed by atoms with Crippen LogP contribution in [0, 0.1) is 0 Å². The lowest BCUT2D eigenvalue weighted by molar-refractivity contribution is -0.318. The third-order valence-corrected chi connectivity index (χ3v) is 7.90. The van der Waals surface area contributed by atoms with Crippen LogP contribution in [0.4, 0.5) is 0 Å². The van der Waals surface area contributed by atoms with E-state index in [2.05, 4.69) is 0 Å². The Morgan fingerprint density at radius 1 is 0.756 bits per heavy atom. The van der Waals surface area contributed by atoms with Gasteiger partial charge in [0.05, 0.1) is 39.6 Å². The molecule has 2 saturated heterocycles. The molecule has 1 aromatic heterocycles. The number of methoxy groups -OCH3 is 3. The molecule has 5 rings (SSSR count). The molecular formula is C30H36O15. The summed E-state index contributed by atoms with van der Waals surface area (Å²) in [6, 6.07) is 8.13. The molecule has 0 aliphatic carbocycles. The second-order valence-corrected chi connectivity index (χ2v) is 10.7. The number of fused-ring (bicyclic) bond motifs is 1. The minimum Gasteiger partial charge on any atom is -0.497 e. The predicted molar refractivity (Wildman–Crippen MR) is 153 cm³/mol. The molecule has 0 unspecified atom stereocenters. The van der Waals surface area contributed by atoms with Crippen molar-refractivity contribution in [2.24, 2.45) is 0 Å². The molecule has 0 bridgehead atoms. The Bertz CT molecular complexity index is 1520. The number of hydrogen-bond acceptors (Lipinski definition) is 15. The average Bonchev–Trinajstić information content (AvgIpc) is 3.05. The lowest BCUT2D eigenvalue weighted by atomic mass is 9.98. The molecule has 15 heteroatoms. The molecular weight excluding hydrogens is 600 g/mol. The molecule has 0 saturated carbocycles. The van der Waals surface area contributed by atoms with Gasteiger partial charge in [-0.1, -0.05) is 12.1 Å². The molecule has 0 amide bonds. The molecule has 3 aromatic rings. The number of aliphatic hydroxyl groups is 6. The summed E-state index contributed by atoms with van der Waals surface area (Å²) in [5.74, 6) is 0.440. The van der Waals surface area contributed by atoms with Gasteiger partial charge in [0.15, 0.2) is 17.8 Å². The maximum atomic E-state index is 13.6. The molecule has 0 spiro atoms. The quantitative estimate of drug-likeness (QED) is 0.175. The summed E-state index contributed by atoms with van der Waals surface area (Å²) in [7, 11) is 4.15. The van der Waals surface area contributed by atoms with E-state index in [-0.39, 0.29) is 33.8 Å². The Morgan fingerprint density at radius 3 is 2.04 bits per heavy atom. The highest BCUT2D eigenvalue weighted by Crippen LogP contribution is 2.44. The second-order valence-electron chi connectivity index (χ2n) is 10.7. The van der Waals surface area contributed by atoms with Crippen molar-refractivity contribution in [2.75, 3.05) is 27.9 Å². The van der Waals surface area contributed by atoms with Crippen molar-refractivity contribution in [3.05, 3.63) is 46.8 Å². The molecule has 6 N–H and O–H groups in total. The second kappa shape index (κ2) is 13.5. The van der Waals surface area contributed by atoms with Crippen LogP contribution in [0.3, 0.4) is 0 Å². The van der Waals surface area contributed by atoms with Gasteiger partial charge >= 0.3 is 0 Å². The molecule has 3 heterocycles. The number of aliphatic hydroxyl groups excluding tert-OH is 6. The van der Waals surface area contributed by atoms with Gasteiger partial charge in [-0.2, -0.15) is 0 Å². The van der Waals surface area contributed by atoms with E-state index in [4.69, 9.17) is 37.6 Å². The third kappa shape index (κ3) is 6.18. The first kappa shape index (κ1) is 32.9. The zero-order valence-corrected chi connectivity index (χ0v) is 24.8. The van der Waals surface area contributed by atoms with Crippen LogP contribution in [0.25, 0.3) is 22.1 Å². The number of hydrogen-bond donors (Lipinski definition) is 6. The lowest BCUT2D eigenvalue weighted by Crippen LogP contribution is -2.61. The first-order valence-corrected chi connectivity index (χ1v) is 14.0. The predicted octanol–water partition coefficient (Wildman–Crippen LogP) is -0.484. The largest absolute Gasteiger partial charge is 0.497 e. The van der Waals surface area contributed by atoms with E-state index < -0.39 is 73.4 Å². The van der Waals surface area contributed by atoms with Gasteiger partial charge in [-0.25, -0.2) is 0 Å². The van der Waals surface area contributed by atoms with E-state index >= 15 is 0 Å². The van der Waals surface area contributed by atoms with Crippen molar-refractivity contribution in [2.45, 2.75) is 68.3 Å². The van der Waals surface area contributed by atoms with Crippen molar-refractivity contribution < 1.29 is 68.2 Å². The van der Waals surface area contributed by atoms with Crippen LogP contribution in [0.2, 0.25) is 0 Å². The fourth-order valence-electron chi connectivity index (χ4n) is 5.28. The zero-order chi connectivity index (χ0) is 32.6. The maximum absolute atomic E-state index is 13.6. The molecule has 246 valence electrons. The smallest absolute Gasteiger partial charge is 0.229 e. The van der Waals surface area contributed by atoms with Gasteiger partial charge in [-0.15, -0.1) is 0 Å². The molecule has 2 fully saturated rings.